The minimum absolute atomic E-state index is 0.168. The van der Waals surface area contributed by atoms with Gasteiger partial charge >= 0.3 is 12.1 Å². The van der Waals surface area contributed by atoms with Gasteiger partial charge in [-0.3, -0.25) is 0 Å². The summed E-state index contributed by atoms with van der Waals surface area (Å²) in [4.78, 5) is 36.6. The summed E-state index contributed by atoms with van der Waals surface area (Å²) in [5, 5.41) is 8.03. The van der Waals surface area contributed by atoms with Crippen molar-refractivity contribution in [3.05, 3.63) is 0 Å². The quantitative estimate of drug-likeness (QED) is 0.539. The molecule has 2 aliphatic rings. The number of amides is 1. The summed E-state index contributed by atoms with van der Waals surface area (Å²) in [5.41, 5.74) is -0.282. The summed E-state index contributed by atoms with van der Waals surface area (Å²) < 4.78 is 5.36. The molecule has 1 saturated heterocycles. The normalized spacial score (nSPS) is 23.4. The summed E-state index contributed by atoms with van der Waals surface area (Å²) in [6.45, 7) is 14.2. The van der Waals surface area contributed by atoms with Gasteiger partial charge in [-0.2, -0.15) is 0 Å². The Morgan fingerprint density at radius 2 is 1.74 bits per heavy atom. The summed E-state index contributed by atoms with van der Waals surface area (Å²) in [6, 6.07) is 0. The van der Waals surface area contributed by atoms with Crippen LogP contribution in [0.25, 0.3) is 0 Å². The van der Waals surface area contributed by atoms with E-state index in [1.165, 1.54) is 0 Å². The number of likely N-dealkylation sites (tertiary alicyclic amines) is 1. The molecule has 2 heterocycles. The Bertz CT molecular complexity index is 647. The molecule has 2 rings (SSSR count). The minimum atomic E-state index is -1.15. The van der Waals surface area contributed by atoms with Gasteiger partial charge in [-0.1, -0.05) is 31.1 Å². The topological polar surface area (TPSA) is 89.8 Å². The van der Waals surface area contributed by atoms with E-state index in [9.17, 15) is 9.59 Å². The number of ether oxygens (including phenoxy) is 1. The van der Waals surface area contributed by atoms with Crippen molar-refractivity contribution in [2.24, 2.45) is 15.7 Å². The summed E-state index contributed by atoms with van der Waals surface area (Å²) in [7, 11) is 0. The standard InChI is InChI=1S/C19H31N3O5/c1-17(2,3)14-12-19(7,27-21-14)15(23)26-20-13-8-10-22(11-9-13)16(24)25-18(4,5)6/h8-12H2,1-7H3. The Kier molecular flexibility index (Phi) is 5.87. The first-order valence-electron chi connectivity index (χ1n) is 9.31. The Balaban J connectivity index is 1.84. The first-order chi connectivity index (χ1) is 12.3. The van der Waals surface area contributed by atoms with Crippen LogP contribution >= 0.6 is 0 Å². The fraction of sp³-hybridized carbons (Fsp3) is 0.789. The lowest BCUT2D eigenvalue weighted by Gasteiger charge is -2.30. The van der Waals surface area contributed by atoms with Crippen molar-refractivity contribution in [3.8, 4) is 0 Å². The number of piperidine rings is 1. The molecular formula is C19H31N3O5. The van der Waals surface area contributed by atoms with Crippen LogP contribution in [0.3, 0.4) is 0 Å². The first kappa shape index (κ1) is 21.2. The molecule has 8 nitrogen and oxygen atoms in total. The van der Waals surface area contributed by atoms with Crippen molar-refractivity contribution in [3.63, 3.8) is 0 Å². The van der Waals surface area contributed by atoms with Crippen LogP contribution < -0.4 is 0 Å². The molecule has 0 aromatic carbocycles. The van der Waals surface area contributed by atoms with Crippen LogP contribution in [0.5, 0.6) is 0 Å². The third-order valence-corrected chi connectivity index (χ3v) is 4.41. The second-order valence-corrected chi connectivity index (χ2v) is 9.29. The third-order valence-electron chi connectivity index (χ3n) is 4.41. The van der Waals surface area contributed by atoms with Crippen LogP contribution in [0.2, 0.25) is 0 Å². The highest BCUT2D eigenvalue weighted by Gasteiger charge is 2.46. The van der Waals surface area contributed by atoms with E-state index in [0.717, 1.165) is 11.4 Å². The van der Waals surface area contributed by atoms with Gasteiger partial charge in [-0.25, -0.2) is 9.59 Å². The highest BCUT2D eigenvalue weighted by Crippen LogP contribution is 2.32. The maximum absolute atomic E-state index is 12.4. The Labute approximate surface area is 160 Å². The van der Waals surface area contributed by atoms with E-state index in [1.807, 2.05) is 41.5 Å². The highest BCUT2D eigenvalue weighted by molar-refractivity contribution is 5.96. The zero-order valence-electron chi connectivity index (χ0n) is 17.4. The van der Waals surface area contributed by atoms with Crippen molar-refractivity contribution in [2.45, 2.75) is 78.9 Å². The van der Waals surface area contributed by atoms with Crippen LogP contribution in [-0.4, -0.2) is 52.7 Å². The molecule has 2 aliphatic heterocycles. The second kappa shape index (κ2) is 7.48. The average Bonchev–Trinajstić information content (AvgIpc) is 2.95. The lowest BCUT2D eigenvalue weighted by molar-refractivity contribution is -0.167. The van der Waals surface area contributed by atoms with Crippen LogP contribution in [0.1, 0.15) is 67.7 Å². The van der Waals surface area contributed by atoms with Crippen LogP contribution in [0, 0.1) is 5.41 Å². The fourth-order valence-corrected chi connectivity index (χ4v) is 2.62. The van der Waals surface area contributed by atoms with Crippen LogP contribution in [0.15, 0.2) is 10.3 Å². The molecular weight excluding hydrogens is 350 g/mol. The molecule has 0 spiro atoms. The summed E-state index contributed by atoms with van der Waals surface area (Å²) >= 11 is 0. The first-order valence-corrected chi connectivity index (χ1v) is 9.31. The summed E-state index contributed by atoms with van der Waals surface area (Å²) in [5.74, 6) is -0.562. The monoisotopic (exact) mass is 381 g/mol. The van der Waals surface area contributed by atoms with Crippen LogP contribution in [0.4, 0.5) is 4.79 Å². The highest BCUT2D eigenvalue weighted by atomic mass is 16.7. The van der Waals surface area contributed by atoms with Gasteiger partial charge in [0.15, 0.2) is 0 Å². The maximum Gasteiger partial charge on any atom is 0.410 e. The Morgan fingerprint density at radius 1 is 1.15 bits per heavy atom. The van der Waals surface area contributed by atoms with Gasteiger partial charge in [0.05, 0.1) is 11.4 Å². The lowest BCUT2D eigenvalue weighted by Crippen LogP contribution is -2.42. The maximum atomic E-state index is 12.4. The molecule has 27 heavy (non-hydrogen) atoms. The molecule has 1 amide bonds. The molecule has 152 valence electrons. The number of hydrogen-bond acceptors (Lipinski definition) is 7. The molecule has 0 N–H and O–H groups in total. The van der Waals surface area contributed by atoms with E-state index in [-0.39, 0.29) is 11.5 Å². The molecule has 0 aromatic rings. The molecule has 1 atom stereocenters. The SMILES string of the molecule is CC(C)(C)OC(=O)N1CCC(=NOC(=O)C2(C)CC(C(C)(C)C)=NO2)CC1. The Morgan fingerprint density at radius 3 is 2.22 bits per heavy atom. The van der Waals surface area contributed by atoms with Crippen molar-refractivity contribution >= 4 is 23.5 Å². The second-order valence-electron chi connectivity index (χ2n) is 9.29. The van der Waals surface area contributed by atoms with Crippen molar-refractivity contribution in [1.29, 1.82) is 0 Å². The van der Waals surface area contributed by atoms with E-state index in [1.54, 1.807) is 11.8 Å². The molecule has 0 saturated carbocycles. The van der Waals surface area contributed by atoms with E-state index in [0.29, 0.717) is 32.4 Å². The van der Waals surface area contributed by atoms with Crippen molar-refractivity contribution in [1.82, 2.24) is 4.90 Å². The summed E-state index contributed by atoms with van der Waals surface area (Å²) in [6.07, 6.45) is 1.12. The Hall–Kier alpha value is -2.12. The van der Waals surface area contributed by atoms with E-state index < -0.39 is 17.2 Å². The number of carbonyl (C=O) groups excluding carboxylic acids is 2. The lowest BCUT2D eigenvalue weighted by atomic mass is 9.84. The third kappa shape index (κ3) is 5.68. The van der Waals surface area contributed by atoms with Crippen molar-refractivity contribution < 1.29 is 24.0 Å². The predicted octanol–water partition coefficient (Wildman–Crippen LogP) is 3.50. The largest absolute Gasteiger partial charge is 0.444 e. The van der Waals surface area contributed by atoms with Gasteiger partial charge in [0.25, 0.3) is 0 Å². The number of carbonyl (C=O) groups is 2. The van der Waals surface area contributed by atoms with Gasteiger partial charge in [0.2, 0.25) is 5.60 Å². The minimum Gasteiger partial charge on any atom is -0.444 e. The van der Waals surface area contributed by atoms with Gasteiger partial charge in [0, 0.05) is 37.8 Å². The van der Waals surface area contributed by atoms with Gasteiger partial charge in [-0.05, 0) is 27.7 Å². The van der Waals surface area contributed by atoms with Gasteiger partial charge < -0.3 is 19.3 Å². The number of hydrogen-bond donors (Lipinski definition) is 0. The number of rotatable bonds is 2. The molecule has 0 radical (unpaired) electrons. The molecule has 0 aliphatic carbocycles. The number of oxime groups is 2. The zero-order valence-corrected chi connectivity index (χ0v) is 17.4. The van der Waals surface area contributed by atoms with E-state index in [4.69, 9.17) is 14.4 Å². The fourth-order valence-electron chi connectivity index (χ4n) is 2.62. The number of nitrogens with zero attached hydrogens (tertiary/aromatic N) is 3. The zero-order chi connectivity index (χ0) is 20.5. The average molecular weight is 381 g/mol. The molecule has 0 bridgehead atoms. The van der Waals surface area contributed by atoms with E-state index in [2.05, 4.69) is 10.3 Å². The van der Waals surface area contributed by atoms with Crippen molar-refractivity contribution in [2.75, 3.05) is 13.1 Å². The smallest absolute Gasteiger partial charge is 0.410 e. The van der Waals surface area contributed by atoms with Gasteiger partial charge in [0.1, 0.15) is 5.60 Å². The van der Waals surface area contributed by atoms with Crippen LogP contribution in [-0.2, 0) is 19.2 Å². The molecule has 8 heteroatoms. The molecule has 1 fully saturated rings. The molecule has 0 aromatic heterocycles. The van der Waals surface area contributed by atoms with E-state index >= 15 is 0 Å². The van der Waals surface area contributed by atoms with Gasteiger partial charge in [-0.15, -0.1) is 0 Å². The predicted molar refractivity (Wildman–Crippen MR) is 102 cm³/mol. The molecule has 1 unspecified atom stereocenters.